The molecule has 2 atom stereocenters. The highest BCUT2D eigenvalue weighted by Gasteiger charge is 2.38. The molecule has 1 saturated heterocycles. The summed E-state index contributed by atoms with van der Waals surface area (Å²) in [5, 5.41) is 4.79. The van der Waals surface area contributed by atoms with Crippen molar-refractivity contribution in [1.29, 1.82) is 0 Å². The molecule has 1 fully saturated rings. The Hall–Kier alpha value is -4.47. The lowest BCUT2D eigenvalue weighted by Gasteiger charge is -2.40. The van der Waals surface area contributed by atoms with Crippen molar-refractivity contribution >= 4 is 23.5 Å². The van der Waals surface area contributed by atoms with Crippen LogP contribution < -0.4 is 20.0 Å². The second-order valence-electron chi connectivity index (χ2n) is 11.2. The molecule has 0 spiro atoms. The summed E-state index contributed by atoms with van der Waals surface area (Å²) >= 11 is 0. The first-order chi connectivity index (χ1) is 22.8. The van der Waals surface area contributed by atoms with E-state index in [2.05, 4.69) is 15.3 Å². The molecule has 2 aliphatic rings. The molecule has 5 rings (SSSR count). The maximum atomic E-state index is 13.7. The number of hydrogen-bond acceptors (Lipinski definition) is 10. The van der Waals surface area contributed by atoms with Crippen molar-refractivity contribution in [3.63, 3.8) is 0 Å². The maximum absolute atomic E-state index is 13.7. The summed E-state index contributed by atoms with van der Waals surface area (Å²) in [5.41, 5.74) is -1.06. The third-order valence-corrected chi connectivity index (χ3v) is 8.11. The number of aromatic nitrogens is 2. The van der Waals surface area contributed by atoms with Crippen molar-refractivity contribution in [1.82, 2.24) is 9.97 Å². The molecule has 0 bridgehead atoms. The molecule has 260 valence electrons. The zero-order chi connectivity index (χ0) is 34.6. The van der Waals surface area contributed by atoms with Gasteiger partial charge in [0.15, 0.2) is 0 Å². The van der Waals surface area contributed by atoms with Gasteiger partial charge in [0.05, 0.1) is 73.4 Å². The first-order valence-corrected chi connectivity index (χ1v) is 15.4. The summed E-state index contributed by atoms with van der Waals surface area (Å²) < 4.78 is 97.9. The lowest BCUT2D eigenvalue weighted by molar-refractivity contribution is -0.143. The van der Waals surface area contributed by atoms with Gasteiger partial charge in [0.1, 0.15) is 5.75 Å². The minimum absolute atomic E-state index is 0.104. The van der Waals surface area contributed by atoms with Gasteiger partial charge in [-0.3, -0.25) is 0 Å². The molecule has 0 amide bonds. The standard InChI is InChI=1S/C32H35F6N5O5/c1-4-22-16-25(24-17-23(45-3)6-7-27(24)43(22)48-30(44)47-5-2)40-29-39-18-28(42-8-10-46-11-9-42)26(41-29)14-19-12-20(31(33,34)35)15-21(13-19)32(36,37)38/h6-7,12-13,15,17-18,22,25H,4-5,8-11,14,16H2,1-3H3,(H,39,40,41)/t22-,25+/m1/s1. The molecule has 0 aliphatic carbocycles. The van der Waals surface area contributed by atoms with E-state index in [0.29, 0.717) is 74.0 Å². The van der Waals surface area contributed by atoms with Gasteiger partial charge >= 0.3 is 18.5 Å². The zero-order valence-corrected chi connectivity index (χ0v) is 26.5. The molecular weight excluding hydrogens is 648 g/mol. The fourth-order valence-corrected chi connectivity index (χ4v) is 5.80. The van der Waals surface area contributed by atoms with E-state index in [-0.39, 0.29) is 42.3 Å². The lowest BCUT2D eigenvalue weighted by Crippen LogP contribution is -2.43. The average Bonchev–Trinajstić information content (AvgIpc) is 3.05. The van der Waals surface area contributed by atoms with Gasteiger partial charge in [0.2, 0.25) is 5.95 Å². The number of ether oxygens (including phenoxy) is 3. The second kappa shape index (κ2) is 14.3. The lowest BCUT2D eigenvalue weighted by atomic mass is 9.91. The Morgan fingerprint density at radius 2 is 1.69 bits per heavy atom. The number of nitrogens with zero attached hydrogens (tertiary/aromatic N) is 4. The highest BCUT2D eigenvalue weighted by Crippen LogP contribution is 2.42. The van der Waals surface area contributed by atoms with Crippen molar-refractivity contribution in [2.45, 2.75) is 57.5 Å². The first-order valence-electron chi connectivity index (χ1n) is 15.4. The molecule has 2 aromatic carbocycles. The van der Waals surface area contributed by atoms with E-state index in [1.165, 1.54) is 18.4 Å². The van der Waals surface area contributed by atoms with Crippen LogP contribution in [0.1, 0.15) is 60.7 Å². The number of morpholine rings is 1. The van der Waals surface area contributed by atoms with Crippen LogP contribution in [0.5, 0.6) is 5.75 Å². The number of nitrogens with one attached hydrogen (secondary N) is 1. The fraction of sp³-hybridized carbons (Fsp3) is 0.469. The molecular formula is C32H35F6N5O5. The monoisotopic (exact) mass is 683 g/mol. The van der Waals surface area contributed by atoms with Crippen LogP contribution in [0.25, 0.3) is 0 Å². The number of anilines is 3. The van der Waals surface area contributed by atoms with Crippen LogP contribution >= 0.6 is 0 Å². The van der Waals surface area contributed by atoms with Gasteiger partial charge in [-0.25, -0.2) is 14.8 Å². The number of carbonyl (C=O) groups is 1. The Kier molecular flexibility index (Phi) is 10.4. The highest BCUT2D eigenvalue weighted by atomic mass is 19.4. The van der Waals surface area contributed by atoms with E-state index in [9.17, 15) is 31.1 Å². The van der Waals surface area contributed by atoms with Crippen molar-refractivity contribution < 1.29 is 50.2 Å². The quantitative estimate of drug-likeness (QED) is 0.185. The summed E-state index contributed by atoms with van der Waals surface area (Å²) in [6.45, 7) is 5.34. The van der Waals surface area contributed by atoms with Gasteiger partial charge in [-0.1, -0.05) is 6.92 Å². The zero-order valence-electron chi connectivity index (χ0n) is 26.5. The minimum atomic E-state index is -4.99. The number of hydroxylamine groups is 1. The number of hydrogen-bond donors (Lipinski definition) is 1. The molecule has 1 N–H and O–H groups in total. The number of methoxy groups -OCH3 is 1. The number of halogens is 6. The predicted molar refractivity (Wildman–Crippen MR) is 163 cm³/mol. The number of fused-ring (bicyclic) bond motifs is 1. The Labute approximate surface area is 272 Å². The summed E-state index contributed by atoms with van der Waals surface area (Å²) in [5.74, 6) is 0.638. The normalized spacial score (nSPS) is 18.3. The number of rotatable bonds is 9. The van der Waals surface area contributed by atoms with Crippen LogP contribution in [0.3, 0.4) is 0 Å². The number of carbonyl (C=O) groups excluding carboxylic acids is 1. The Morgan fingerprint density at radius 1 is 1.00 bits per heavy atom. The van der Waals surface area contributed by atoms with E-state index in [1.54, 1.807) is 25.1 Å². The van der Waals surface area contributed by atoms with Crippen molar-refractivity contribution in [2.75, 3.05) is 55.3 Å². The topological polar surface area (TPSA) is 98.3 Å². The maximum Gasteiger partial charge on any atom is 0.533 e. The average molecular weight is 684 g/mol. The third kappa shape index (κ3) is 7.97. The van der Waals surface area contributed by atoms with Crippen molar-refractivity contribution in [3.8, 4) is 5.75 Å². The SMILES string of the molecule is CCOC(=O)ON1c2ccc(OC)cc2[C@@H](Nc2ncc(N3CCOCC3)c(Cc3cc(C(F)(F)F)cc(C(F)(F)F)c3)n2)C[C@H]1CC. The molecule has 3 aromatic rings. The van der Waals surface area contributed by atoms with E-state index >= 15 is 0 Å². The predicted octanol–water partition coefficient (Wildman–Crippen LogP) is 7.18. The van der Waals surface area contributed by atoms with Gasteiger partial charge in [-0.2, -0.15) is 31.4 Å². The van der Waals surface area contributed by atoms with Crippen LogP contribution in [-0.2, 0) is 33.1 Å². The van der Waals surface area contributed by atoms with Crippen LogP contribution in [0.2, 0.25) is 0 Å². The molecule has 48 heavy (non-hydrogen) atoms. The summed E-state index contributed by atoms with van der Waals surface area (Å²) in [4.78, 5) is 28.9. The molecule has 3 heterocycles. The highest BCUT2D eigenvalue weighted by molar-refractivity contribution is 5.66. The molecule has 2 aliphatic heterocycles. The molecule has 0 radical (unpaired) electrons. The van der Waals surface area contributed by atoms with Gasteiger partial charge < -0.3 is 29.3 Å². The molecule has 10 nitrogen and oxygen atoms in total. The smallest absolute Gasteiger partial charge is 0.497 e. The van der Waals surface area contributed by atoms with Gasteiger partial charge in [-0.05, 0) is 61.7 Å². The molecule has 0 saturated carbocycles. The molecule has 1 aromatic heterocycles. The molecule has 16 heteroatoms. The van der Waals surface area contributed by atoms with Gasteiger partial charge in [-0.15, -0.1) is 0 Å². The Balaban J connectivity index is 1.54. The van der Waals surface area contributed by atoms with Gasteiger partial charge in [0.25, 0.3) is 0 Å². The molecule has 0 unspecified atom stereocenters. The van der Waals surface area contributed by atoms with Gasteiger partial charge in [0, 0.05) is 25.1 Å². The van der Waals surface area contributed by atoms with E-state index in [0.717, 1.165) is 0 Å². The number of benzene rings is 2. The Bertz CT molecular complexity index is 1570. The van der Waals surface area contributed by atoms with Crippen molar-refractivity contribution in [3.05, 3.63) is 70.5 Å². The summed E-state index contributed by atoms with van der Waals surface area (Å²) in [6.07, 6.45) is -8.68. The summed E-state index contributed by atoms with van der Waals surface area (Å²) in [7, 11) is 1.51. The van der Waals surface area contributed by atoms with E-state index in [4.69, 9.17) is 19.0 Å². The van der Waals surface area contributed by atoms with Crippen LogP contribution in [-0.4, -0.2) is 62.2 Å². The summed E-state index contributed by atoms with van der Waals surface area (Å²) in [6, 6.07) is 6.00. The van der Waals surface area contributed by atoms with E-state index < -0.39 is 35.7 Å². The fourth-order valence-electron chi connectivity index (χ4n) is 5.80. The Morgan fingerprint density at radius 3 is 2.29 bits per heavy atom. The second-order valence-corrected chi connectivity index (χ2v) is 11.2. The minimum Gasteiger partial charge on any atom is -0.497 e. The van der Waals surface area contributed by atoms with Crippen LogP contribution in [0, 0.1) is 0 Å². The van der Waals surface area contributed by atoms with Crippen LogP contribution in [0.15, 0.2) is 42.6 Å². The van der Waals surface area contributed by atoms with Crippen LogP contribution in [0.4, 0.5) is 48.5 Å². The van der Waals surface area contributed by atoms with Crippen molar-refractivity contribution in [2.24, 2.45) is 0 Å². The number of alkyl halides is 6. The first kappa shape index (κ1) is 34.9. The van der Waals surface area contributed by atoms with E-state index in [1.807, 2.05) is 11.8 Å². The third-order valence-electron chi connectivity index (χ3n) is 8.11. The largest absolute Gasteiger partial charge is 0.533 e.